The second kappa shape index (κ2) is 7.64. The number of hydrogen-bond acceptors (Lipinski definition) is 5. The SMILES string of the molecule is COC=Cc1sccc1-c1ccc(-c2ccsc2C=COC)s1. The molecule has 118 valence electrons. The highest BCUT2D eigenvalue weighted by Crippen LogP contribution is 2.40. The van der Waals surface area contributed by atoms with E-state index >= 15 is 0 Å². The van der Waals surface area contributed by atoms with Gasteiger partial charge in [0.15, 0.2) is 0 Å². The van der Waals surface area contributed by atoms with E-state index in [4.69, 9.17) is 9.47 Å². The molecule has 23 heavy (non-hydrogen) atoms. The molecule has 0 aromatic carbocycles. The molecule has 0 fully saturated rings. The normalized spacial score (nSPS) is 11.6. The Balaban J connectivity index is 1.93. The summed E-state index contributed by atoms with van der Waals surface area (Å²) in [5.74, 6) is 0. The summed E-state index contributed by atoms with van der Waals surface area (Å²) in [6.45, 7) is 0. The highest BCUT2D eigenvalue weighted by molar-refractivity contribution is 7.20. The number of thiophene rings is 3. The fraction of sp³-hybridized carbons (Fsp3) is 0.111. The lowest BCUT2D eigenvalue weighted by Gasteiger charge is -1.97. The molecule has 0 atom stereocenters. The average Bonchev–Trinajstić information content (AvgIpc) is 3.29. The van der Waals surface area contributed by atoms with Gasteiger partial charge >= 0.3 is 0 Å². The molecular weight excluding hydrogens is 344 g/mol. The van der Waals surface area contributed by atoms with E-state index in [1.54, 1.807) is 49.4 Å². The molecule has 5 heteroatoms. The molecule has 0 saturated heterocycles. The van der Waals surface area contributed by atoms with Crippen molar-refractivity contribution in [3.8, 4) is 20.9 Å². The van der Waals surface area contributed by atoms with Crippen molar-refractivity contribution in [3.05, 3.63) is 57.3 Å². The minimum absolute atomic E-state index is 1.21. The molecule has 0 N–H and O–H groups in total. The van der Waals surface area contributed by atoms with Gasteiger partial charge in [-0.3, -0.25) is 0 Å². The fourth-order valence-electron chi connectivity index (χ4n) is 2.19. The van der Waals surface area contributed by atoms with Crippen LogP contribution in [0.3, 0.4) is 0 Å². The molecule has 0 aliphatic rings. The third kappa shape index (κ3) is 3.58. The van der Waals surface area contributed by atoms with Crippen molar-refractivity contribution in [1.29, 1.82) is 0 Å². The first kappa shape index (κ1) is 16.1. The zero-order chi connectivity index (χ0) is 16.1. The first-order valence-corrected chi connectivity index (χ1v) is 9.55. The smallest absolute Gasteiger partial charge is 0.0838 e. The van der Waals surface area contributed by atoms with Crippen molar-refractivity contribution >= 4 is 46.2 Å². The van der Waals surface area contributed by atoms with Crippen LogP contribution in [-0.4, -0.2) is 14.2 Å². The molecule has 0 aliphatic heterocycles. The van der Waals surface area contributed by atoms with E-state index in [9.17, 15) is 0 Å². The molecule has 3 rings (SSSR count). The Morgan fingerprint density at radius 3 is 1.65 bits per heavy atom. The van der Waals surface area contributed by atoms with Crippen LogP contribution in [0.25, 0.3) is 33.0 Å². The Kier molecular flexibility index (Phi) is 5.33. The first-order chi connectivity index (χ1) is 11.3. The van der Waals surface area contributed by atoms with Crippen molar-refractivity contribution in [2.24, 2.45) is 0 Å². The summed E-state index contributed by atoms with van der Waals surface area (Å²) in [6, 6.07) is 8.70. The molecule has 2 nitrogen and oxygen atoms in total. The van der Waals surface area contributed by atoms with E-state index < -0.39 is 0 Å². The average molecular weight is 361 g/mol. The summed E-state index contributed by atoms with van der Waals surface area (Å²) >= 11 is 5.25. The van der Waals surface area contributed by atoms with E-state index in [0.717, 1.165) is 0 Å². The number of hydrogen-bond donors (Lipinski definition) is 0. The second-order valence-corrected chi connectivity index (χ2v) is 7.62. The maximum Gasteiger partial charge on any atom is 0.0838 e. The molecule has 3 heterocycles. The van der Waals surface area contributed by atoms with Gasteiger partial charge in [0.2, 0.25) is 0 Å². The Bertz CT molecular complexity index is 754. The maximum atomic E-state index is 5.03. The number of rotatable bonds is 6. The maximum absolute atomic E-state index is 5.03. The molecule has 3 aromatic heterocycles. The predicted octanol–water partition coefficient (Wildman–Crippen LogP) is 6.44. The van der Waals surface area contributed by atoms with Gasteiger partial charge in [-0.25, -0.2) is 0 Å². The monoisotopic (exact) mass is 360 g/mol. The van der Waals surface area contributed by atoms with Crippen molar-refractivity contribution in [1.82, 2.24) is 0 Å². The standard InChI is InChI=1S/C18H16O2S3/c1-19-9-5-15-13(7-11-21-15)17-3-4-18(23-17)14-8-12-22-16(14)6-10-20-2/h3-12H,1-2H3. The summed E-state index contributed by atoms with van der Waals surface area (Å²) in [5.41, 5.74) is 2.51. The lowest BCUT2D eigenvalue weighted by atomic mass is 10.2. The zero-order valence-electron chi connectivity index (χ0n) is 12.8. The Morgan fingerprint density at radius 1 is 0.739 bits per heavy atom. The van der Waals surface area contributed by atoms with Gasteiger partial charge in [-0.2, -0.15) is 0 Å². The van der Waals surface area contributed by atoms with Gasteiger partial charge in [0.05, 0.1) is 26.7 Å². The van der Waals surface area contributed by atoms with Gasteiger partial charge in [0.1, 0.15) is 0 Å². The van der Waals surface area contributed by atoms with Crippen LogP contribution >= 0.6 is 34.0 Å². The lowest BCUT2D eigenvalue weighted by molar-refractivity contribution is 0.341. The predicted molar refractivity (Wildman–Crippen MR) is 103 cm³/mol. The summed E-state index contributed by atoms with van der Waals surface area (Å²) < 4.78 is 10.1. The van der Waals surface area contributed by atoms with Crippen LogP contribution in [0.2, 0.25) is 0 Å². The van der Waals surface area contributed by atoms with Crippen molar-refractivity contribution < 1.29 is 9.47 Å². The third-order valence-electron chi connectivity index (χ3n) is 3.24. The van der Waals surface area contributed by atoms with Gasteiger partial charge in [-0.1, -0.05) is 0 Å². The molecule has 0 saturated carbocycles. The Morgan fingerprint density at radius 2 is 1.22 bits per heavy atom. The summed E-state index contributed by atoms with van der Waals surface area (Å²) in [4.78, 5) is 4.96. The van der Waals surface area contributed by atoms with Gasteiger partial charge in [0.25, 0.3) is 0 Å². The van der Waals surface area contributed by atoms with Crippen LogP contribution < -0.4 is 0 Å². The molecule has 0 bridgehead atoms. The molecule has 0 amide bonds. The first-order valence-electron chi connectivity index (χ1n) is 6.97. The number of methoxy groups -OCH3 is 2. The molecule has 0 aliphatic carbocycles. The highest BCUT2D eigenvalue weighted by Gasteiger charge is 2.11. The summed E-state index contributed by atoms with van der Waals surface area (Å²) in [6.07, 6.45) is 7.46. The summed E-state index contributed by atoms with van der Waals surface area (Å²) in [5, 5.41) is 4.23. The highest BCUT2D eigenvalue weighted by atomic mass is 32.1. The van der Waals surface area contributed by atoms with Gasteiger partial charge in [0, 0.05) is 30.6 Å². The molecule has 0 radical (unpaired) electrons. The van der Waals surface area contributed by atoms with E-state index in [0.29, 0.717) is 0 Å². The van der Waals surface area contributed by atoms with Crippen LogP contribution in [0.5, 0.6) is 0 Å². The van der Waals surface area contributed by atoms with Crippen LogP contribution in [-0.2, 0) is 9.47 Å². The van der Waals surface area contributed by atoms with Crippen molar-refractivity contribution in [3.63, 3.8) is 0 Å². The molecule has 3 aromatic rings. The minimum atomic E-state index is 1.21. The van der Waals surface area contributed by atoms with Crippen LogP contribution in [0.1, 0.15) is 9.75 Å². The largest absolute Gasteiger partial charge is 0.504 e. The van der Waals surface area contributed by atoms with Gasteiger partial charge < -0.3 is 9.47 Å². The fourth-order valence-corrected chi connectivity index (χ4v) is 4.99. The lowest BCUT2D eigenvalue weighted by Crippen LogP contribution is -1.72. The van der Waals surface area contributed by atoms with Crippen molar-refractivity contribution in [2.75, 3.05) is 14.2 Å². The van der Waals surface area contributed by atoms with E-state index in [1.165, 1.54) is 30.6 Å². The Labute approximate surface area is 148 Å². The molecular formula is C18H16O2S3. The van der Waals surface area contributed by atoms with Crippen LogP contribution in [0.4, 0.5) is 0 Å². The van der Waals surface area contributed by atoms with Gasteiger partial charge in [-0.05, 0) is 47.2 Å². The minimum Gasteiger partial charge on any atom is -0.504 e. The molecule has 0 unspecified atom stereocenters. The van der Waals surface area contributed by atoms with Gasteiger partial charge in [-0.15, -0.1) is 34.0 Å². The number of ether oxygens (including phenoxy) is 2. The summed E-state index contributed by atoms with van der Waals surface area (Å²) in [7, 11) is 3.33. The van der Waals surface area contributed by atoms with Crippen LogP contribution in [0, 0.1) is 0 Å². The van der Waals surface area contributed by atoms with E-state index in [-0.39, 0.29) is 0 Å². The molecule has 0 spiro atoms. The second-order valence-electron chi connectivity index (χ2n) is 4.64. The topological polar surface area (TPSA) is 18.5 Å². The van der Waals surface area contributed by atoms with E-state index in [1.807, 2.05) is 23.5 Å². The van der Waals surface area contributed by atoms with Crippen molar-refractivity contribution in [2.45, 2.75) is 0 Å². The zero-order valence-corrected chi connectivity index (χ0v) is 15.3. The van der Waals surface area contributed by atoms with Crippen LogP contribution in [0.15, 0.2) is 47.5 Å². The third-order valence-corrected chi connectivity index (χ3v) is 6.15. The van der Waals surface area contributed by atoms with E-state index in [2.05, 4.69) is 35.0 Å². The Hall–Kier alpha value is -1.82. The quantitative estimate of drug-likeness (QED) is 0.471.